The summed E-state index contributed by atoms with van der Waals surface area (Å²) in [4.78, 5) is 23.8. The standard InChI is InChI=1S/C19H20IN3O4/c1-12-9-14(20)3-5-16(12)22-18(25)7-8-19(26)23-21-11-13-10-15(27-2)4-6-17(13)24/h3-6,9-11,24H,7-8H2,1-2H3,(H,22,25)(H,23,26)/b21-11+. The van der Waals surface area contributed by atoms with E-state index in [-0.39, 0.29) is 24.5 Å². The van der Waals surface area contributed by atoms with E-state index in [9.17, 15) is 14.7 Å². The first kappa shape index (κ1) is 20.7. The van der Waals surface area contributed by atoms with Crippen molar-refractivity contribution in [2.45, 2.75) is 19.8 Å². The zero-order valence-electron chi connectivity index (χ0n) is 15.0. The number of hydrogen-bond acceptors (Lipinski definition) is 5. The predicted octanol–water partition coefficient (Wildman–Crippen LogP) is 3.18. The first-order valence-corrected chi connectivity index (χ1v) is 9.22. The summed E-state index contributed by atoms with van der Waals surface area (Å²) in [6, 6.07) is 10.4. The van der Waals surface area contributed by atoms with Gasteiger partial charge in [-0.1, -0.05) is 0 Å². The summed E-state index contributed by atoms with van der Waals surface area (Å²) in [6.07, 6.45) is 1.35. The maximum Gasteiger partial charge on any atom is 0.240 e. The van der Waals surface area contributed by atoms with Crippen LogP contribution in [0, 0.1) is 10.5 Å². The molecule has 8 heteroatoms. The van der Waals surface area contributed by atoms with Gasteiger partial charge < -0.3 is 15.2 Å². The van der Waals surface area contributed by atoms with E-state index in [4.69, 9.17) is 4.74 Å². The SMILES string of the molecule is COc1ccc(O)c(/C=N/NC(=O)CCC(=O)Nc2ccc(I)cc2C)c1. The summed E-state index contributed by atoms with van der Waals surface area (Å²) in [5.41, 5.74) is 4.43. The van der Waals surface area contributed by atoms with Crippen LogP contribution in [-0.4, -0.2) is 30.2 Å². The van der Waals surface area contributed by atoms with Gasteiger partial charge in [-0.15, -0.1) is 0 Å². The second-order valence-electron chi connectivity index (χ2n) is 5.73. The summed E-state index contributed by atoms with van der Waals surface area (Å²) in [5, 5.41) is 16.3. The number of nitrogens with one attached hydrogen (secondary N) is 2. The van der Waals surface area contributed by atoms with Crippen LogP contribution in [0.25, 0.3) is 0 Å². The molecule has 142 valence electrons. The average Bonchev–Trinajstić information content (AvgIpc) is 2.64. The molecule has 0 saturated heterocycles. The fourth-order valence-corrected chi connectivity index (χ4v) is 2.85. The number of aromatic hydroxyl groups is 1. The molecule has 0 atom stereocenters. The minimum Gasteiger partial charge on any atom is -0.507 e. The number of hydrogen-bond donors (Lipinski definition) is 3. The van der Waals surface area contributed by atoms with Crippen molar-refractivity contribution >= 4 is 46.3 Å². The number of methoxy groups -OCH3 is 1. The van der Waals surface area contributed by atoms with Gasteiger partial charge in [-0.2, -0.15) is 5.10 Å². The van der Waals surface area contributed by atoms with Gasteiger partial charge in [-0.3, -0.25) is 9.59 Å². The van der Waals surface area contributed by atoms with Crippen LogP contribution in [0.3, 0.4) is 0 Å². The molecule has 2 rings (SSSR count). The van der Waals surface area contributed by atoms with Crippen molar-refractivity contribution in [2.24, 2.45) is 5.10 Å². The number of hydrazone groups is 1. The highest BCUT2D eigenvalue weighted by Gasteiger charge is 2.08. The summed E-state index contributed by atoms with van der Waals surface area (Å²) >= 11 is 2.20. The molecular weight excluding hydrogens is 461 g/mol. The molecule has 0 aromatic heterocycles. The van der Waals surface area contributed by atoms with E-state index in [1.165, 1.54) is 19.4 Å². The normalized spacial score (nSPS) is 10.6. The van der Waals surface area contributed by atoms with Crippen LogP contribution >= 0.6 is 22.6 Å². The maximum absolute atomic E-state index is 12.0. The molecule has 0 aliphatic heterocycles. The number of ether oxygens (including phenoxy) is 1. The second-order valence-corrected chi connectivity index (χ2v) is 6.97. The van der Waals surface area contributed by atoms with Gasteiger partial charge >= 0.3 is 0 Å². The Morgan fingerprint density at radius 1 is 1.19 bits per heavy atom. The molecule has 0 spiro atoms. The third kappa shape index (κ3) is 6.55. The number of halogens is 1. The lowest BCUT2D eigenvalue weighted by Gasteiger charge is -2.08. The molecule has 0 aliphatic carbocycles. The molecule has 3 N–H and O–H groups in total. The van der Waals surface area contributed by atoms with Crippen LogP contribution in [0.2, 0.25) is 0 Å². The van der Waals surface area contributed by atoms with Crippen molar-refractivity contribution in [2.75, 3.05) is 12.4 Å². The number of phenolic OH excluding ortho intramolecular Hbond substituents is 1. The number of anilines is 1. The zero-order valence-corrected chi connectivity index (χ0v) is 17.1. The predicted molar refractivity (Wildman–Crippen MR) is 112 cm³/mol. The van der Waals surface area contributed by atoms with Gasteiger partial charge in [0.25, 0.3) is 0 Å². The van der Waals surface area contributed by atoms with Gasteiger partial charge in [0.2, 0.25) is 11.8 Å². The van der Waals surface area contributed by atoms with Crippen molar-refractivity contribution in [1.82, 2.24) is 5.43 Å². The minimum absolute atomic E-state index is 0.00329. The molecule has 0 radical (unpaired) electrons. The molecule has 7 nitrogen and oxygen atoms in total. The fourth-order valence-electron chi connectivity index (χ4n) is 2.20. The van der Waals surface area contributed by atoms with E-state index in [0.29, 0.717) is 11.3 Å². The Morgan fingerprint density at radius 2 is 1.93 bits per heavy atom. The van der Waals surface area contributed by atoms with E-state index in [1.54, 1.807) is 12.1 Å². The van der Waals surface area contributed by atoms with Crippen LogP contribution < -0.4 is 15.5 Å². The lowest BCUT2D eigenvalue weighted by atomic mass is 10.2. The molecular formula is C19H20IN3O4. The number of rotatable bonds is 7. The molecule has 0 heterocycles. The van der Waals surface area contributed by atoms with Crippen molar-refractivity contribution in [3.63, 3.8) is 0 Å². The minimum atomic E-state index is -0.400. The van der Waals surface area contributed by atoms with Gasteiger partial charge in [0.15, 0.2) is 0 Å². The Bertz CT molecular complexity index is 868. The molecule has 2 amide bonds. The number of nitrogens with zero attached hydrogens (tertiary/aromatic N) is 1. The van der Waals surface area contributed by atoms with Crippen molar-refractivity contribution < 1.29 is 19.4 Å². The molecule has 0 bridgehead atoms. The van der Waals surface area contributed by atoms with Gasteiger partial charge in [0.05, 0.1) is 13.3 Å². The van der Waals surface area contributed by atoms with Crippen LogP contribution in [0.4, 0.5) is 5.69 Å². The van der Waals surface area contributed by atoms with Crippen molar-refractivity contribution in [3.05, 3.63) is 51.1 Å². The lowest BCUT2D eigenvalue weighted by molar-refractivity contribution is -0.124. The smallest absolute Gasteiger partial charge is 0.240 e. The van der Waals surface area contributed by atoms with Crippen molar-refractivity contribution in [3.8, 4) is 11.5 Å². The summed E-state index contributed by atoms with van der Waals surface area (Å²) in [7, 11) is 1.51. The molecule has 2 aromatic carbocycles. The van der Waals surface area contributed by atoms with E-state index < -0.39 is 5.91 Å². The average molecular weight is 481 g/mol. The van der Waals surface area contributed by atoms with Crippen LogP contribution in [0.5, 0.6) is 11.5 Å². The number of amides is 2. The fraction of sp³-hybridized carbons (Fsp3) is 0.211. The van der Waals surface area contributed by atoms with Gasteiger partial charge in [0.1, 0.15) is 11.5 Å². The lowest BCUT2D eigenvalue weighted by Crippen LogP contribution is -2.20. The first-order chi connectivity index (χ1) is 12.9. The maximum atomic E-state index is 12.0. The molecule has 27 heavy (non-hydrogen) atoms. The van der Waals surface area contributed by atoms with Gasteiger partial charge in [0, 0.05) is 27.7 Å². The topological polar surface area (TPSA) is 100 Å². The Morgan fingerprint density at radius 3 is 2.63 bits per heavy atom. The molecule has 0 aliphatic rings. The molecule has 0 fully saturated rings. The Hall–Kier alpha value is -2.62. The number of carbonyl (C=O) groups is 2. The van der Waals surface area contributed by atoms with E-state index in [0.717, 1.165) is 14.8 Å². The Balaban J connectivity index is 1.81. The van der Waals surface area contributed by atoms with E-state index in [2.05, 4.69) is 38.4 Å². The van der Waals surface area contributed by atoms with Gasteiger partial charge in [-0.05, 0) is 71.5 Å². The first-order valence-electron chi connectivity index (χ1n) is 8.14. The highest BCUT2D eigenvalue weighted by Crippen LogP contribution is 2.21. The van der Waals surface area contributed by atoms with Crippen LogP contribution in [-0.2, 0) is 9.59 Å². The summed E-state index contributed by atoms with van der Waals surface area (Å²) in [6.45, 7) is 1.91. The summed E-state index contributed by atoms with van der Waals surface area (Å²) < 4.78 is 6.15. The van der Waals surface area contributed by atoms with Crippen LogP contribution in [0.15, 0.2) is 41.5 Å². The monoisotopic (exact) mass is 481 g/mol. The molecule has 0 saturated carbocycles. The molecule has 2 aromatic rings. The molecule has 0 unspecified atom stereocenters. The number of aryl methyl sites for hydroxylation is 1. The largest absolute Gasteiger partial charge is 0.507 e. The van der Waals surface area contributed by atoms with Crippen molar-refractivity contribution in [1.29, 1.82) is 0 Å². The third-order valence-electron chi connectivity index (χ3n) is 3.67. The quantitative estimate of drug-likeness (QED) is 0.321. The Labute approximate surface area is 171 Å². The highest BCUT2D eigenvalue weighted by atomic mass is 127. The third-order valence-corrected chi connectivity index (χ3v) is 4.34. The number of benzene rings is 2. The number of phenols is 1. The summed E-state index contributed by atoms with van der Waals surface area (Å²) in [5.74, 6) is -0.0730. The zero-order chi connectivity index (χ0) is 19.8. The highest BCUT2D eigenvalue weighted by molar-refractivity contribution is 14.1. The van der Waals surface area contributed by atoms with Crippen LogP contribution in [0.1, 0.15) is 24.0 Å². The van der Waals surface area contributed by atoms with Gasteiger partial charge in [-0.25, -0.2) is 5.43 Å². The van der Waals surface area contributed by atoms with E-state index in [1.807, 2.05) is 25.1 Å². The second kappa shape index (κ2) is 9.91. The Kier molecular flexibility index (Phi) is 7.59. The van der Waals surface area contributed by atoms with E-state index >= 15 is 0 Å². The number of carbonyl (C=O) groups excluding carboxylic acids is 2.